The van der Waals surface area contributed by atoms with Gasteiger partial charge in [0.15, 0.2) is 5.78 Å². The number of carbonyl (C=O) groups excluding carboxylic acids is 1. The number of nitrogens with zero attached hydrogens (tertiary/aromatic N) is 2. The van der Waals surface area contributed by atoms with E-state index in [9.17, 15) is 4.79 Å². The average molecular weight is 263 g/mol. The summed E-state index contributed by atoms with van der Waals surface area (Å²) in [6.07, 6.45) is 1.64. The van der Waals surface area contributed by atoms with E-state index < -0.39 is 0 Å². The Morgan fingerprint density at radius 1 is 1.77 bits per heavy atom. The molecule has 1 aromatic heterocycles. The molecule has 1 rings (SSSR count). The molecule has 0 aliphatic heterocycles. The minimum atomic E-state index is 0.124. The van der Waals surface area contributed by atoms with Gasteiger partial charge in [0.05, 0.1) is 16.4 Å². The van der Waals surface area contributed by atoms with Gasteiger partial charge in [-0.1, -0.05) is 6.92 Å². The maximum Gasteiger partial charge on any atom is 0.191 e. The first-order valence-electron chi connectivity index (χ1n) is 3.95. The minimum absolute atomic E-state index is 0.124. The maximum atomic E-state index is 11.6. The first kappa shape index (κ1) is 10.8. The number of hydrogen-bond acceptors (Lipinski definition) is 3. The molecule has 0 fully saturated rings. The second-order valence-corrected chi connectivity index (χ2v) is 4.65. The van der Waals surface area contributed by atoms with E-state index in [2.05, 4.69) is 21.0 Å². The van der Waals surface area contributed by atoms with Crippen molar-refractivity contribution >= 4 is 33.5 Å². The highest BCUT2D eigenvalue weighted by molar-refractivity contribution is 9.10. The van der Waals surface area contributed by atoms with Gasteiger partial charge in [-0.3, -0.25) is 9.48 Å². The lowest BCUT2D eigenvalue weighted by molar-refractivity contribution is 0.101. The van der Waals surface area contributed by atoms with Crippen molar-refractivity contribution in [2.75, 3.05) is 11.5 Å². The van der Waals surface area contributed by atoms with Gasteiger partial charge < -0.3 is 0 Å². The van der Waals surface area contributed by atoms with Crippen molar-refractivity contribution in [3.63, 3.8) is 0 Å². The summed E-state index contributed by atoms with van der Waals surface area (Å²) in [4.78, 5) is 11.6. The Morgan fingerprint density at radius 2 is 2.46 bits per heavy atom. The van der Waals surface area contributed by atoms with Gasteiger partial charge >= 0.3 is 0 Å². The molecule has 0 N–H and O–H groups in total. The molecule has 1 heterocycles. The number of aryl methyl sites for hydroxylation is 1. The summed E-state index contributed by atoms with van der Waals surface area (Å²) in [5.41, 5.74) is 0.654. The second-order valence-electron chi connectivity index (χ2n) is 2.53. The SMILES string of the molecule is CCSCC(=O)c1c(Br)cnn1C. The van der Waals surface area contributed by atoms with Crippen LogP contribution in [0.4, 0.5) is 0 Å². The molecule has 3 nitrogen and oxygen atoms in total. The molecule has 72 valence electrons. The average Bonchev–Trinajstić information content (AvgIpc) is 2.42. The lowest BCUT2D eigenvalue weighted by Crippen LogP contribution is -2.09. The number of rotatable bonds is 4. The normalized spacial score (nSPS) is 10.4. The van der Waals surface area contributed by atoms with E-state index in [1.165, 1.54) is 0 Å². The van der Waals surface area contributed by atoms with Crippen LogP contribution in [0, 0.1) is 0 Å². The molecule has 0 radical (unpaired) electrons. The Balaban J connectivity index is 2.76. The predicted octanol–water partition coefficient (Wildman–Crippen LogP) is 2.12. The number of thioether (sulfide) groups is 1. The molecule has 1 aromatic rings. The second kappa shape index (κ2) is 4.81. The van der Waals surface area contributed by atoms with Crippen molar-refractivity contribution in [1.82, 2.24) is 9.78 Å². The van der Waals surface area contributed by atoms with Crippen LogP contribution < -0.4 is 0 Å². The van der Waals surface area contributed by atoms with Gasteiger partial charge in [0.1, 0.15) is 5.69 Å². The highest BCUT2D eigenvalue weighted by atomic mass is 79.9. The third-order valence-electron chi connectivity index (χ3n) is 1.60. The summed E-state index contributed by atoms with van der Waals surface area (Å²) in [5, 5.41) is 3.99. The summed E-state index contributed by atoms with van der Waals surface area (Å²) in [5.74, 6) is 1.61. The van der Waals surface area contributed by atoms with E-state index in [1.807, 2.05) is 6.92 Å². The van der Waals surface area contributed by atoms with E-state index in [4.69, 9.17) is 0 Å². The molecule has 0 amide bonds. The Kier molecular flexibility index (Phi) is 3.99. The zero-order valence-electron chi connectivity index (χ0n) is 7.58. The van der Waals surface area contributed by atoms with Crippen LogP contribution in [0.3, 0.4) is 0 Å². The lowest BCUT2D eigenvalue weighted by atomic mass is 10.3. The van der Waals surface area contributed by atoms with E-state index in [-0.39, 0.29) is 5.78 Å². The molecule has 0 aliphatic rings. The Morgan fingerprint density at radius 3 is 2.92 bits per heavy atom. The fourth-order valence-corrected chi connectivity index (χ4v) is 2.08. The number of hydrogen-bond donors (Lipinski definition) is 0. The van der Waals surface area contributed by atoms with Crippen LogP contribution in [0.5, 0.6) is 0 Å². The molecule has 0 bridgehead atoms. The first-order chi connectivity index (χ1) is 6.16. The van der Waals surface area contributed by atoms with Gasteiger partial charge in [0.25, 0.3) is 0 Å². The van der Waals surface area contributed by atoms with Crippen LogP contribution in [0.15, 0.2) is 10.7 Å². The molecule has 5 heteroatoms. The summed E-state index contributed by atoms with van der Waals surface area (Å²) in [6, 6.07) is 0. The van der Waals surface area contributed by atoms with Crippen molar-refractivity contribution < 1.29 is 4.79 Å². The van der Waals surface area contributed by atoms with E-state index in [0.29, 0.717) is 11.4 Å². The van der Waals surface area contributed by atoms with Crippen molar-refractivity contribution in [2.24, 2.45) is 7.05 Å². The summed E-state index contributed by atoms with van der Waals surface area (Å²) >= 11 is 4.92. The first-order valence-corrected chi connectivity index (χ1v) is 5.90. The molecular weight excluding hydrogens is 252 g/mol. The maximum absolute atomic E-state index is 11.6. The quantitative estimate of drug-likeness (QED) is 0.780. The number of halogens is 1. The highest BCUT2D eigenvalue weighted by Crippen LogP contribution is 2.17. The Hall–Kier alpha value is -0.290. The topological polar surface area (TPSA) is 34.9 Å². The Labute approximate surface area is 90.0 Å². The lowest BCUT2D eigenvalue weighted by Gasteiger charge is -2.00. The third-order valence-corrected chi connectivity index (χ3v) is 3.05. The van der Waals surface area contributed by atoms with Gasteiger partial charge in [-0.25, -0.2) is 0 Å². The number of carbonyl (C=O) groups is 1. The van der Waals surface area contributed by atoms with Gasteiger partial charge in [0, 0.05) is 7.05 Å². The van der Waals surface area contributed by atoms with Crippen LogP contribution in [0.2, 0.25) is 0 Å². The van der Waals surface area contributed by atoms with Crippen LogP contribution in [-0.4, -0.2) is 27.1 Å². The van der Waals surface area contributed by atoms with E-state index >= 15 is 0 Å². The number of Topliss-reactive ketones (excluding diaryl/α,β-unsaturated/α-hetero) is 1. The molecular formula is C8H11BrN2OS. The number of ketones is 1. The summed E-state index contributed by atoms with van der Waals surface area (Å²) < 4.78 is 2.37. The zero-order chi connectivity index (χ0) is 9.84. The van der Waals surface area contributed by atoms with Crippen molar-refractivity contribution in [3.05, 3.63) is 16.4 Å². The number of aromatic nitrogens is 2. The Bertz CT molecular complexity index is 292. The molecule has 13 heavy (non-hydrogen) atoms. The molecule has 0 unspecified atom stereocenters. The molecule has 0 aliphatic carbocycles. The third kappa shape index (κ3) is 2.57. The van der Waals surface area contributed by atoms with E-state index in [1.54, 1.807) is 29.7 Å². The molecule has 0 aromatic carbocycles. The van der Waals surface area contributed by atoms with Crippen molar-refractivity contribution in [3.8, 4) is 0 Å². The van der Waals surface area contributed by atoms with Gasteiger partial charge in [-0.15, -0.1) is 0 Å². The van der Waals surface area contributed by atoms with Crippen LogP contribution in [0.1, 0.15) is 17.4 Å². The van der Waals surface area contributed by atoms with Crippen molar-refractivity contribution in [2.45, 2.75) is 6.92 Å². The summed E-state index contributed by atoms with van der Waals surface area (Å²) in [7, 11) is 1.77. The molecule has 0 spiro atoms. The molecule has 0 saturated carbocycles. The van der Waals surface area contributed by atoms with Gasteiger partial charge in [0.2, 0.25) is 0 Å². The van der Waals surface area contributed by atoms with Gasteiger partial charge in [-0.2, -0.15) is 16.9 Å². The van der Waals surface area contributed by atoms with Crippen LogP contribution >= 0.6 is 27.7 Å². The largest absolute Gasteiger partial charge is 0.291 e. The minimum Gasteiger partial charge on any atom is -0.291 e. The van der Waals surface area contributed by atoms with E-state index in [0.717, 1.165) is 10.2 Å². The zero-order valence-corrected chi connectivity index (χ0v) is 9.98. The molecule has 0 atom stereocenters. The summed E-state index contributed by atoms with van der Waals surface area (Å²) in [6.45, 7) is 2.04. The standard InChI is InChI=1S/C8H11BrN2OS/c1-3-13-5-7(12)8-6(9)4-10-11(8)2/h4H,3,5H2,1-2H3. The van der Waals surface area contributed by atoms with Crippen LogP contribution in [-0.2, 0) is 7.05 Å². The van der Waals surface area contributed by atoms with Crippen molar-refractivity contribution in [1.29, 1.82) is 0 Å². The van der Waals surface area contributed by atoms with Crippen LogP contribution in [0.25, 0.3) is 0 Å². The monoisotopic (exact) mass is 262 g/mol. The fraction of sp³-hybridized carbons (Fsp3) is 0.500. The highest BCUT2D eigenvalue weighted by Gasteiger charge is 2.14. The van der Waals surface area contributed by atoms with Gasteiger partial charge in [-0.05, 0) is 21.7 Å². The smallest absolute Gasteiger partial charge is 0.191 e. The molecule has 0 saturated heterocycles. The fourth-order valence-electron chi connectivity index (χ4n) is 0.988. The predicted molar refractivity (Wildman–Crippen MR) is 58.2 cm³/mol.